The van der Waals surface area contributed by atoms with Crippen LogP contribution in [0.3, 0.4) is 0 Å². The first-order chi connectivity index (χ1) is 8.20. The lowest BCUT2D eigenvalue weighted by Crippen LogP contribution is -2.34. The number of aryl methyl sites for hydroxylation is 1. The Labute approximate surface area is 106 Å². The number of carbonyl (C=O) groups is 1. The third-order valence-electron chi connectivity index (χ3n) is 3.09. The van der Waals surface area contributed by atoms with Gasteiger partial charge in [-0.15, -0.1) is 11.3 Å². The van der Waals surface area contributed by atoms with Crippen molar-refractivity contribution in [3.05, 3.63) is 16.1 Å². The zero-order valence-electron chi connectivity index (χ0n) is 10.3. The Morgan fingerprint density at radius 1 is 1.76 bits per heavy atom. The smallest absolute Gasteiger partial charge is 0.225 e. The molecule has 1 fully saturated rings. The van der Waals surface area contributed by atoms with Crippen molar-refractivity contribution in [1.29, 1.82) is 0 Å². The van der Waals surface area contributed by atoms with Crippen LogP contribution in [0.5, 0.6) is 0 Å². The zero-order valence-corrected chi connectivity index (χ0v) is 11.1. The summed E-state index contributed by atoms with van der Waals surface area (Å²) in [4.78, 5) is 16.5. The van der Waals surface area contributed by atoms with Crippen molar-refractivity contribution >= 4 is 17.2 Å². The van der Waals surface area contributed by atoms with Gasteiger partial charge in [-0.2, -0.15) is 0 Å². The van der Waals surface area contributed by atoms with Gasteiger partial charge in [0.1, 0.15) is 5.01 Å². The quantitative estimate of drug-likeness (QED) is 0.857. The molecular weight excluding hydrogens is 234 g/mol. The lowest BCUT2D eigenvalue weighted by atomic mass is 10.1. The molecule has 0 radical (unpaired) electrons. The van der Waals surface area contributed by atoms with Crippen LogP contribution in [0, 0.1) is 12.8 Å². The van der Waals surface area contributed by atoms with Crippen molar-refractivity contribution in [3.63, 3.8) is 0 Å². The highest BCUT2D eigenvalue weighted by molar-refractivity contribution is 7.09. The van der Waals surface area contributed by atoms with Crippen LogP contribution < -0.4 is 10.6 Å². The zero-order chi connectivity index (χ0) is 12.3. The molecule has 1 aromatic heterocycles. The first-order valence-electron chi connectivity index (χ1n) is 6.13. The van der Waals surface area contributed by atoms with Gasteiger partial charge in [-0.05, 0) is 26.3 Å². The molecule has 1 aromatic rings. The summed E-state index contributed by atoms with van der Waals surface area (Å²) in [5.41, 5.74) is 1.03. The van der Waals surface area contributed by atoms with Crippen molar-refractivity contribution < 1.29 is 4.79 Å². The molecule has 2 N–H and O–H groups in total. The number of amides is 1. The number of hydrogen-bond donors (Lipinski definition) is 2. The molecule has 17 heavy (non-hydrogen) atoms. The Morgan fingerprint density at radius 2 is 2.59 bits per heavy atom. The largest absolute Gasteiger partial charge is 0.347 e. The van der Waals surface area contributed by atoms with E-state index < -0.39 is 0 Å². The maximum Gasteiger partial charge on any atom is 0.225 e. The Hall–Kier alpha value is -0.940. The summed E-state index contributed by atoms with van der Waals surface area (Å²) in [7, 11) is 0. The van der Waals surface area contributed by atoms with E-state index in [2.05, 4.69) is 22.5 Å². The summed E-state index contributed by atoms with van der Waals surface area (Å²) in [6.45, 7) is 5.81. The highest BCUT2D eigenvalue weighted by Crippen LogP contribution is 2.21. The molecule has 1 amide bonds. The number of thiazole rings is 1. The van der Waals surface area contributed by atoms with Crippen LogP contribution in [-0.2, 0) is 4.79 Å². The van der Waals surface area contributed by atoms with Crippen molar-refractivity contribution in [1.82, 2.24) is 15.6 Å². The molecule has 0 spiro atoms. The number of hydrogen-bond acceptors (Lipinski definition) is 4. The summed E-state index contributed by atoms with van der Waals surface area (Å²) < 4.78 is 0. The Balaban J connectivity index is 1.97. The maximum atomic E-state index is 12.0. The molecule has 5 heteroatoms. The molecule has 0 bridgehead atoms. The summed E-state index contributed by atoms with van der Waals surface area (Å²) in [6, 6.07) is 0.0711. The molecule has 2 rings (SSSR count). The van der Waals surface area contributed by atoms with Crippen LogP contribution in [0.2, 0.25) is 0 Å². The number of nitrogens with one attached hydrogen (secondary N) is 2. The molecular formula is C12H19N3OS. The SMILES string of the molecule is CCC(NC(=O)C1CCNC1)c1nc(C)cs1. The van der Waals surface area contributed by atoms with Gasteiger partial charge in [0.2, 0.25) is 5.91 Å². The highest BCUT2D eigenvalue weighted by Gasteiger charge is 2.25. The van der Waals surface area contributed by atoms with E-state index in [1.54, 1.807) is 11.3 Å². The van der Waals surface area contributed by atoms with Crippen LogP contribution in [0.25, 0.3) is 0 Å². The van der Waals surface area contributed by atoms with Crippen molar-refractivity contribution in [2.24, 2.45) is 5.92 Å². The normalized spacial score (nSPS) is 21.4. The lowest BCUT2D eigenvalue weighted by Gasteiger charge is -2.17. The average Bonchev–Trinajstić information content (AvgIpc) is 2.96. The van der Waals surface area contributed by atoms with E-state index in [0.29, 0.717) is 0 Å². The van der Waals surface area contributed by atoms with Crippen LogP contribution >= 0.6 is 11.3 Å². The van der Waals surface area contributed by atoms with Gasteiger partial charge in [0.05, 0.1) is 12.0 Å². The van der Waals surface area contributed by atoms with Crippen molar-refractivity contribution in [2.45, 2.75) is 32.7 Å². The molecule has 4 nitrogen and oxygen atoms in total. The molecule has 0 aromatic carbocycles. The van der Waals surface area contributed by atoms with Gasteiger partial charge < -0.3 is 10.6 Å². The molecule has 94 valence electrons. The first-order valence-corrected chi connectivity index (χ1v) is 7.01. The third-order valence-corrected chi connectivity index (χ3v) is 4.17. The van der Waals surface area contributed by atoms with Crippen LogP contribution in [-0.4, -0.2) is 24.0 Å². The standard InChI is InChI=1S/C12H19N3OS/c1-3-10(12-14-8(2)7-17-12)15-11(16)9-4-5-13-6-9/h7,9-10,13H,3-6H2,1-2H3,(H,15,16). The first kappa shape index (κ1) is 12.5. The van der Waals surface area contributed by atoms with Gasteiger partial charge in [0, 0.05) is 17.6 Å². The second-order valence-corrected chi connectivity index (χ2v) is 5.38. The summed E-state index contributed by atoms with van der Waals surface area (Å²) in [6.07, 6.45) is 1.83. The second-order valence-electron chi connectivity index (χ2n) is 4.49. The van der Waals surface area contributed by atoms with Gasteiger partial charge in [0.15, 0.2) is 0 Å². The summed E-state index contributed by atoms with van der Waals surface area (Å²) in [5.74, 6) is 0.291. The molecule has 1 aliphatic rings. The van der Waals surface area contributed by atoms with Gasteiger partial charge in [-0.3, -0.25) is 4.79 Å². The monoisotopic (exact) mass is 253 g/mol. The number of carbonyl (C=O) groups excluding carboxylic acids is 1. The third kappa shape index (κ3) is 3.04. The highest BCUT2D eigenvalue weighted by atomic mass is 32.1. The van der Waals surface area contributed by atoms with Crippen LogP contribution in [0.1, 0.15) is 36.5 Å². The molecule has 1 saturated heterocycles. The minimum absolute atomic E-state index is 0.0711. The molecule has 0 saturated carbocycles. The van der Waals surface area contributed by atoms with E-state index in [0.717, 1.165) is 36.6 Å². The topological polar surface area (TPSA) is 54.0 Å². The number of nitrogens with zero attached hydrogens (tertiary/aromatic N) is 1. The average molecular weight is 253 g/mol. The van der Waals surface area contributed by atoms with Crippen LogP contribution in [0.4, 0.5) is 0 Å². The molecule has 0 aliphatic carbocycles. The molecule has 1 aliphatic heterocycles. The van der Waals surface area contributed by atoms with Crippen molar-refractivity contribution in [2.75, 3.05) is 13.1 Å². The minimum Gasteiger partial charge on any atom is -0.347 e. The Kier molecular flexibility index (Phi) is 4.12. The Morgan fingerprint density at radius 3 is 3.12 bits per heavy atom. The van der Waals surface area contributed by atoms with Crippen molar-refractivity contribution in [3.8, 4) is 0 Å². The number of aromatic nitrogens is 1. The van der Waals surface area contributed by atoms with E-state index in [1.807, 2.05) is 12.3 Å². The predicted octanol–water partition coefficient (Wildman–Crippen LogP) is 1.63. The fourth-order valence-corrected chi connectivity index (χ4v) is 2.97. The predicted molar refractivity (Wildman–Crippen MR) is 69.0 cm³/mol. The maximum absolute atomic E-state index is 12.0. The van der Waals surface area contributed by atoms with E-state index in [9.17, 15) is 4.79 Å². The van der Waals surface area contributed by atoms with E-state index in [1.165, 1.54) is 0 Å². The van der Waals surface area contributed by atoms with E-state index in [4.69, 9.17) is 0 Å². The van der Waals surface area contributed by atoms with E-state index >= 15 is 0 Å². The second kappa shape index (κ2) is 5.60. The van der Waals surface area contributed by atoms with Gasteiger partial charge in [-0.1, -0.05) is 6.92 Å². The molecule has 2 heterocycles. The van der Waals surface area contributed by atoms with Gasteiger partial charge in [0.25, 0.3) is 0 Å². The number of rotatable bonds is 4. The Bertz CT molecular complexity index is 385. The fraction of sp³-hybridized carbons (Fsp3) is 0.667. The summed E-state index contributed by atoms with van der Waals surface area (Å²) in [5, 5.41) is 9.37. The lowest BCUT2D eigenvalue weighted by molar-refractivity contribution is -0.125. The van der Waals surface area contributed by atoms with E-state index in [-0.39, 0.29) is 17.9 Å². The minimum atomic E-state index is 0.0711. The fourth-order valence-electron chi connectivity index (χ4n) is 2.04. The molecule has 2 atom stereocenters. The van der Waals surface area contributed by atoms with Crippen LogP contribution in [0.15, 0.2) is 5.38 Å². The van der Waals surface area contributed by atoms with Gasteiger partial charge in [-0.25, -0.2) is 4.98 Å². The molecule has 2 unspecified atom stereocenters. The van der Waals surface area contributed by atoms with Gasteiger partial charge >= 0.3 is 0 Å². The summed E-state index contributed by atoms with van der Waals surface area (Å²) >= 11 is 1.63.